The Kier molecular flexibility index (Phi) is 6.80. The van der Waals surface area contributed by atoms with E-state index < -0.39 is 0 Å². The van der Waals surface area contributed by atoms with Gasteiger partial charge in [0.2, 0.25) is 0 Å². The average Bonchev–Trinajstić information content (AvgIpc) is 3.38. The van der Waals surface area contributed by atoms with Crippen LogP contribution >= 0.6 is 11.3 Å². The lowest BCUT2D eigenvalue weighted by Crippen LogP contribution is -2.46. The monoisotopic (exact) mass is 514 g/mol. The van der Waals surface area contributed by atoms with Gasteiger partial charge in [-0.25, -0.2) is 9.37 Å². The van der Waals surface area contributed by atoms with E-state index in [1.165, 1.54) is 0 Å². The molecule has 6 nitrogen and oxygen atoms in total. The van der Waals surface area contributed by atoms with E-state index in [1.807, 2.05) is 60.1 Å². The highest BCUT2D eigenvalue weighted by Crippen LogP contribution is 2.34. The summed E-state index contributed by atoms with van der Waals surface area (Å²) in [6.45, 7) is 5.30. The number of benzene rings is 3. The van der Waals surface area contributed by atoms with Gasteiger partial charge in [-0.1, -0.05) is 18.2 Å². The van der Waals surface area contributed by atoms with Gasteiger partial charge in [-0.05, 0) is 47.5 Å². The van der Waals surface area contributed by atoms with Gasteiger partial charge in [0.05, 0.1) is 27.9 Å². The molecule has 1 saturated heterocycles. The topological polar surface area (TPSA) is 61.7 Å². The predicted octanol–water partition coefficient (Wildman–Crippen LogP) is 5.55. The summed E-state index contributed by atoms with van der Waals surface area (Å²) in [6, 6.07) is 18.9. The van der Waals surface area contributed by atoms with Gasteiger partial charge in [0.25, 0.3) is 0 Å². The van der Waals surface area contributed by atoms with E-state index in [9.17, 15) is 0 Å². The van der Waals surface area contributed by atoms with E-state index in [0.717, 1.165) is 58.4 Å². The highest BCUT2D eigenvalue weighted by atomic mass is 32.1. The third kappa shape index (κ3) is 5.19. The van der Waals surface area contributed by atoms with E-state index in [0.29, 0.717) is 30.2 Å². The Balaban J connectivity index is 1.23. The minimum atomic E-state index is -0.240. The van der Waals surface area contributed by atoms with Crippen molar-refractivity contribution in [3.63, 3.8) is 0 Å². The van der Waals surface area contributed by atoms with Crippen LogP contribution in [0.15, 0.2) is 72.4 Å². The van der Waals surface area contributed by atoms with Crippen molar-refractivity contribution < 1.29 is 14.2 Å². The Morgan fingerprint density at radius 1 is 0.892 bits per heavy atom. The van der Waals surface area contributed by atoms with E-state index in [2.05, 4.69) is 19.8 Å². The molecule has 0 radical (unpaired) electrons. The van der Waals surface area contributed by atoms with Gasteiger partial charge >= 0.3 is 0 Å². The molecular formula is C29H27FN4O2S. The Bertz CT molecular complexity index is 1550. The summed E-state index contributed by atoms with van der Waals surface area (Å²) < 4.78 is 22.6. The fourth-order valence-corrected chi connectivity index (χ4v) is 5.53. The first-order valence-electron chi connectivity index (χ1n) is 12.4. The summed E-state index contributed by atoms with van der Waals surface area (Å²) in [4.78, 5) is 13.4. The summed E-state index contributed by atoms with van der Waals surface area (Å²) in [5.41, 5.74) is 5.80. The molecule has 0 unspecified atom stereocenters. The molecule has 6 rings (SSSR count). The second-order valence-electron chi connectivity index (χ2n) is 9.28. The van der Waals surface area contributed by atoms with Gasteiger partial charge in [-0.15, -0.1) is 11.3 Å². The minimum Gasteiger partial charge on any atom is -0.457 e. The molecule has 1 aliphatic heterocycles. The zero-order chi connectivity index (χ0) is 25.2. The third-order valence-electron chi connectivity index (χ3n) is 6.86. The number of piperazine rings is 1. The van der Waals surface area contributed by atoms with Crippen molar-refractivity contribution in [1.29, 1.82) is 0 Å². The number of thiazole rings is 1. The van der Waals surface area contributed by atoms with Gasteiger partial charge in [0.15, 0.2) is 0 Å². The molecular weight excluding hydrogens is 487 g/mol. The molecule has 1 fully saturated rings. The molecule has 0 aliphatic carbocycles. The molecule has 3 heterocycles. The molecule has 0 bridgehead atoms. The van der Waals surface area contributed by atoms with E-state index in [-0.39, 0.29) is 12.4 Å². The average molecular weight is 515 g/mol. The molecule has 0 spiro atoms. The summed E-state index contributed by atoms with van der Waals surface area (Å²) in [7, 11) is 0. The predicted molar refractivity (Wildman–Crippen MR) is 146 cm³/mol. The molecule has 2 aromatic heterocycles. The van der Waals surface area contributed by atoms with Crippen molar-refractivity contribution in [2.75, 3.05) is 39.3 Å². The molecule has 8 heteroatoms. The van der Waals surface area contributed by atoms with Crippen molar-refractivity contribution in [2.24, 2.45) is 0 Å². The molecule has 0 amide bonds. The van der Waals surface area contributed by atoms with Crippen LogP contribution in [0.5, 0.6) is 11.5 Å². The first kappa shape index (κ1) is 23.9. The van der Waals surface area contributed by atoms with Crippen LogP contribution in [0.4, 0.5) is 4.39 Å². The maximum Gasteiger partial charge on any atom is 0.138 e. The number of aromatic nitrogens is 2. The number of pyridine rings is 1. The van der Waals surface area contributed by atoms with Crippen LogP contribution in [-0.2, 0) is 6.54 Å². The van der Waals surface area contributed by atoms with Crippen LogP contribution in [-0.4, -0.2) is 64.2 Å². The lowest BCUT2D eigenvalue weighted by Gasteiger charge is -2.34. The lowest BCUT2D eigenvalue weighted by atomic mass is 10.0. The van der Waals surface area contributed by atoms with Gasteiger partial charge in [-0.2, -0.15) is 0 Å². The highest BCUT2D eigenvalue weighted by molar-refractivity contribution is 7.16. The van der Waals surface area contributed by atoms with Crippen LogP contribution in [0.1, 0.15) is 5.56 Å². The standard InChI is InChI=1S/C29H27FN4O2S/c30-25-15-20(18-34-11-9-33(10-12-34)13-14-35)1-4-23(25)21-2-5-26-24(16-21)28(7-8-31-26)36-22-3-6-29-27(17-22)32-19-37-29/h1-8,15-17,19,35H,9-14,18H2. The van der Waals surface area contributed by atoms with Crippen LogP contribution in [0.25, 0.3) is 32.2 Å². The largest absolute Gasteiger partial charge is 0.457 e. The number of rotatable bonds is 7. The molecule has 1 N–H and O–H groups in total. The Hall–Kier alpha value is -3.43. The quantitative estimate of drug-likeness (QED) is 0.307. The van der Waals surface area contributed by atoms with E-state index >= 15 is 4.39 Å². The zero-order valence-corrected chi connectivity index (χ0v) is 21.1. The van der Waals surface area contributed by atoms with Crippen molar-refractivity contribution in [3.8, 4) is 22.6 Å². The fourth-order valence-electron chi connectivity index (χ4n) is 4.87. The number of halogens is 1. The zero-order valence-electron chi connectivity index (χ0n) is 20.3. The SMILES string of the molecule is OCCN1CCN(Cc2ccc(-c3ccc4nccc(Oc5ccc6scnc6c5)c4c3)c(F)c2)CC1. The van der Waals surface area contributed by atoms with Crippen LogP contribution in [0.2, 0.25) is 0 Å². The first-order valence-corrected chi connectivity index (χ1v) is 13.3. The molecule has 5 aromatic rings. The molecule has 37 heavy (non-hydrogen) atoms. The van der Waals surface area contributed by atoms with E-state index in [4.69, 9.17) is 9.84 Å². The van der Waals surface area contributed by atoms with Gasteiger partial charge < -0.3 is 9.84 Å². The molecule has 1 aliphatic rings. The van der Waals surface area contributed by atoms with E-state index in [1.54, 1.807) is 23.6 Å². The second-order valence-corrected chi connectivity index (χ2v) is 10.2. The number of nitrogens with zero attached hydrogens (tertiary/aromatic N) is 4. The number of aliphatic hydroxyl groups excluding tert-OH is 1. The summed E-state index contributed by atoms with van der Waals surface area (Å²) >= 11 is 1.59. The number of aliphatic hydroxyl groups is 1. The van der Waals surface area contributed by atoms with Gasteiger partial charge in [-0.3, -0.25) is 14.8 Å². The minimum absolute atomic E-state index is 0.188. The third-order valence-corrected chi connectivity index (χ3v) is 7.67. The maximum absolute atomic E-state index is 15.3. The molecule has 3 aromatic carbocycles. The smallest absolute Gasteiger partial charge is 0.138 e. The highest BCUT2D eigenvalue weighted by Gasteiger charge is 2.17. The summed E-state index contributed by atoms with van der Waals surface area (Å²) in [5, 5.41) is 9.95. The van der Waals surface area contributed by atoms with Crippen LogP contribution in [0.3, 0.4) is 0 Å². The van der Waals surface area contributed by atoms with Crippen LogP contribution in [0, 0.1) is 5.82 Å². The first-order chi connectivity index (χ1) is 18.2. The van der Waals surface area contributed by atoms with Crippen molar-refractivity contribution in [1.82, 2.24) is 19.8 Å². The normalized spacial score (nSPS) is 15.0. The molecule has 0 atom stereocenters. The number of fused-ring (bicyclic) bond motifs is 2. The molecule has 0 saturated carbocycles. The van der Waals surface area contributed by atoms with Crippen molar-refractivity contribution in [2.45, 2.75) is 6.54 Å². The van der Waals surface area contributed by atoms with Gasteiger partial charge in [0, 0.05) is 62.5 Å². The fraction of sp³-hybridized carbons (Fsp3) is 0.241. The summed E-state index contributed by atoms with van der Waals surface area (Å²) in [6.07, 6.45) is 1.72. The number of hydrogen-bond acceptors (Lipinski definition) is 7. The molecule has 188 valence electrons. The Morgan fingerprint density at radius 3 is 2.59 bits per heavy atom. The number of β-amino-alcohol motifs (C(OH)–C–C–N with tert-alkyl or cyclic N) is 1. The van der Waals surface area contributed by atoms with Crippen LogP contribution < -0.4 is 4.74 Å². The lowest BCUT2D eigenvalue weighted by molar-refractivity contribution is 0.108. The number of hydrogen-bond donors (Lipinski definition) is 1. The number of ether oxygens (including phenoxy) is 1. The van der Waals surface area contributed by atoms with Gasteiger partial charge in [0.1, 0.15) is 17.3 Å². The Morgan fingerprint density at radius 2 is 1.76 bits per heavy atom. The van der Waals surface area contributed by atoms with Crippen molar-refractivity contribution in [3.05, 3.63) is 83.8 Å². The summed E-state index contributed by atoms with van der Waals surface area (Å²) in [5.74, 6) is 1.12. The second kappa shape index (κ2) is 10.5. The maximum atomic E-state index is 15.3. The van der Waals surface area contributed by atoms with Crippen molar-refractivity contribution >= 4 is 32.5 Å². The Labute approximate surface area is 218 Å².